The third-order valence-electron chi connectivity index (χ3n) is 2.92. The number of nitro groups is 1. The lowest BCUT2D eigenvalue weighted by Gasteiger charge is -2.09. The van der Waals surface area contributed by atoms with E-state index in [4.69, 9.17) is 9.47 Å². The second-order valence-electron chi connectivity index (χ2n) is 4.66. The van der Waals surface area contributed by atoms with Crippen molar-refractivity contribution in [1.82, 2.24) is 0 Å². The number of nitrogens with zero attached hydrogens (tertiary/aromatic N) is 1. The molecule has 7 nitrogen and oxygen atoms in total. The first kappa shape index (κ1) is 18.0. The van der Waals surface area contributed by atoms with Crippen LogP contribution in [-0.2, 0) is 4.79 Å². The second-order valence-corrected chi connectivity index (χ2v) is 5.91. The molecule has 0 atom stereocenters. The van der Waals surface area contributed by atoms with Crippen molar-refractivity contribution in [1.29, 1.82) is 0 Å². The Kier molecular flexibility index (Phi) is 6.36. The van der Waals surface area contributed by atoms with Gasteiger partial charge in [0.1, 0.15) is 17.2 Å². The van der Waals surface area contributed by atoms with Gasteiger partial charge >= 0.3 is 0 Å². The first-order chi connectivity index (χ1) is 11.5. The Labute approximate surface area is 152 Å². The number of hydrogen-bond donors (Lipinski definition) is 1. The number of carbonyl (C=O) groups is 1. The van der Waals surface area contributed by atoms with Gasteiger partial charge in [0.25, 0.3) is 11.6 Å². The average Bonchev–Trinajstić information content (AvgIpc) is 2.54. The van der Waals surface area contributed by atoms with Crippen molar-refractivity contribution in [3.63, 3.8) is 0 Å². The molecular weight excluding hydrogens is 427 g/mol. The molecule has 2 rings (SSSR count). The van der Waals surface area contributed by atoms with Crippen LogP contribution in [0.25, 0.3) is 0 Å². The summed E-state index contributed by atoms with van der Waals surface area (Å²) >= 11 is 2.13. The maximum absolute atomic E-state index is 12.0. The van der Waals surface area contributed by atoms with Gasteiger partial charge in [-0.05, 0) is 59.8 Å². The largest absolute Gasteiger partial charge is 0.494 e. The molecule has 0 radical (unpaired) electrons. The van der Waals surface area contributed by atoms with Crippen molar-refractivity contribution in [2.24, 2.45) is 0 Å². The summed E-state index contributed by atoms with van der Waals surface area (Å²) in [4.78, 5) is 22.5. The quantitative estimate of drug-likeness (QED) is 0.402. The minimum atomic E-state index is -0.571. The molecule has 0 unspecified atom stereocenters. The predicted molar refractivity (Wildman–Crippen MR) is 97.5 cm³/mol. The molecule has 0 fully saturated rings. The topological polar surface area (TPSA) is 90.7 Å². The first-order valence-corrected chi connectivity index (χ1v) is 8.17. The summed E-state index contributed by atoms with van der Waals surface area (Å²) in [7, 11) is 0. The highest BCUT2D eigenvalue weighted by atomic mass is 127. The zero-order valence-electron chi connectivity index (χ0n) is 12.8. The molecule has 0 spiro atoms. The van der Waals surface area contributed by atoms with Crippen molar-refractivity contribution in [3.05, 3.63) is 56.1 Å². The van der Waals surface area contributed by atoms with Gasteiger partial charge in [0.2, 0.25) is 0 Å². The highest BCUT2D eigenvalue weighted by Gasteiger charge is 2.17. The minimum absolute atomic E-state index is 0.0969. The van der Waals surface area contributed by atoms with E-state index in [9.17, 15) is 14.9 Å². The molecule has 2 aromatic carbocycles. The number of benzene rings is 2. The Morgan fingerprint density at radius 2 is 1.96 bits per heavy atom. The van der Waals surface area contributed by atoms with Crippen LogP contribution in [-0.4, -0.2) is 24.0 Å². The SMILES string of the molecule is CCOc1ccc(NC(=O)COc2cccc(I)c2)c([N+](=O)[O-])c1. The van der Waals surface area contributed by atoms with E-state index < -0.39 is 10.8 Å². The van der Waals surface area contributed by atoms with Crippen LogP contribution < -0.4 is 14.8 Å². The number of amides is 1. The number of nitro benzene ring substituents is 1. The number of hydrogen-bond acceptors (Lipinski definition) is 5. The lowest BCUT2D eigenvalue weighted by molar-refractivity contribution is -0.384. The average molecular weight is 442 g/mol. The molecule has 0 bridgehead atoms. The molecule has 0 heterocycles. The maximum Gasteiger partial charge on any atom is 0.296 e. The van der Waals surface area contributed by atoms with Gasteiger partial charge in [0, 0.05) is 3.57 Å². The summed E-state index contributed by atoms with van der Waals surface area (Å²) in [5.74, 6) is 0.441. The number of rotatable bonds is 7. The van der Waals surface area contributed by atoms with Gasteiger partial charge in [0.15, 0.2) is 6.61 Å². The Bertz CT molecular complexity index is 751. The zero-order chi connectivity index (χ0) is 17.5. The lowest BCUT2D eigenvalue weighted by atomic mass is 10.2. The maximum atomic E-state index is 12.0. The van der Waals surface area contributed by atoms with Gasteiger partial charge in [0.05, 0.1) is 17.6 Å². The van der Waals surface area contributed by atoms with Crippen LogP contribution in [0.15, 0.2) is 42.5 Å². The van der Waals surface area contributed by atoms with E-state index in [1.54, 1.807) is 25.1 Å². The number of carbonyl (C=O) groups excluding carboxylic acids is 1. The summed E-state index contributed by atoms with van der Waals surface area (Å²) in [5, 5.41) is 13.6. The summed E-state index contributed by atoms with van der Waals surface area (Å²) < 4.78 is 11.6. The van der Waals surface area contributed by atoms with Crippen LogP contribution in [0.1, 0.15) is 6.92 Å². The minimum Gasteiger partial charge on any atom is -0.494 e. The van der Waals surface area contributed by atoms with Crippen molar-refractivity contribution < 1.29 is 19.2 Å². The Balaban J connectivity index is 2.04. The Morgan fingerprint density at radius 3 is 2.62 bits per heavy atom. The van der Waals surface area contributed by atoms with Crippen molar-refractivity contribution in [2.75, 3.05) is 18.5 Å². The summed E-state index contributed by atoms with van der Waals surface area (Å²) in [5.41, 5.74) is -0.136. The van der Waals surface area contributed by atoms with Gasteiger partial charge < -0.3 is 14.8 Å². The second kappa shape index (κ2) is 8.48. The normalized spacial score (nSPS) is 10.1. The molecule has 0 aliphatic heterocycles. The third kappa shape index (κ3) is 5.08. The number of halogens is 1. The smallest absolute Gasteiger partial charge is 0.296 e. The predicted octanol–water partition coefficient (Wildman–Crippen LogP) is 3.62. The van der Waals surface area contributed by atoms with Crippen molar-refractivity contribution >= 4 is 39.9 Å². The fourth-order valence-electron chi connectivity index (χ4n) is 1.92. The third-order valence-corrected chi connectivity index (χ3v) is 3.59. The molecule has 1 N–H and O–H groups in total. The summed E-state index contributed by atoms with van der Waals surface area (Å²) in [6.07, 6.45) is 0. The van der Waals surface area contributed by atoms with E-state index in [0.29, 0.717) is 18.1 Å². The molecule has 126 valence electrons. The van der Waals surface area contributed by atoms with Gasteiger partial charge in [-0.25, -0.2) is 0 Å². The Morgan fingerprint density at radius 1 is 1.21 bits per heavy atom. The molecule has 0 aliphatic rings. The first-order valence-electron chi connectivity index (χ1n) is 7.09. The van der Waals surface area contributed by atoms with Crippen LogP contribution >= 0.6 is 22.6 Å². The van der Waals surface area contributed by atoms with E-state index in [1.807, 2.05) is 12.1 Å². The molecule has 1 amide bonds. The molecule has 8 heteroatoms. The monoisotopic (exact) mass is 442 g/mol. The van der Waals surface area contributed by atoms with Gasteiger partial charge in [-0.15, -0.1) is 0 Å². The molecule has 0 aliphatic carbocycles. The standard InChI is InChI=1S/C16H15IN2O5/c1-2-23-13-6-7-14(15(9-13)19(21)22)18-16(20)10-24-12-5-3-4-11(17)8-12/h3-9H,2,10H2,1H3,(H,18,20). The van der Waals surface area contributed by atoms with Gasteiger partial charge in [-0.2, -0.15) is 0 Å². The van der Waals surface area contributed by atoms with E-state index in [2.05, 4.69) is 27.9 Å². The number of nitrogens with one attached hydrogen (secondary N) is 1. The molecule has 2 aromatic rings. The van der Waals surface area contributed by atoms with E-state index in [1.165, 1.54) is 12.1 Å². The molecule has 0 aromatic heterocycles. The van der Waals surface area contributed by atoms with E-state index in [0.717, 1.165) is 3.57 Å². The van der Waals surface area contributed by atoms with E-state index in [-0.39, 0.29) is 18.0 Å². The van der Waals surface area contributed by atoms with Crippen LogP contribution in [0.3, 0.4) is 0 Å². The molecular formula is C16H15IN2O5. The number of ether oxygens (including phenoxy) is 2. The van der Waals surface area contributed by atoms with Crippen LogP contribution in [0.4, 0.5) is 11.4 Å². The zero-order valence-corrected chi connectivity index (χ0v) is 15.0. The van der Waals surface area contributed by atoms with Crippen LogP contribution in [0.5, 0.6) is 11.5 Å². The Hall–Kier alpha value is -2.36. The van der Waals surface area contributed by atoms with Crippen LogP contribution in [0, 0.1) is 13.7 Å². The number of anilines is 1. The molecule has 0 saturated carbocycles. The van der Waals surface area contributed by atoms with Gasteiger partial charge in [-0.1, -0.05) is 6.07 Å². The molecule has 24 heavy (non-hydrogen) atoms. The fourth-order valence-corrected chi connectivity index (χ4v) is 2.43. The highest BCUT2D eigenvalue weighted by Crippen LogP contribution is 2.29. The van der Waals surface area contributed by atoms with Crippen molar-refractivity contribution in [3.8, 4) is 11.5 Å². The van der Waals surface area contributed by atoms with E-state index >= 15 is 0 Å². The fraction of sp³-hybridized carbons (Fsp3) is 0.188. The highest BCUT2D eigenvalue weighted by molar-refractivity contribution is 14.1. The van der Waals surface area contributed by atoms with Crippen molar-refractivity contribution in [2.45, 2.75) is 6.92 Å². The summed E-state index contributed by atoms with van der Waals surface area (Å²) in [6, 6.07) is 11.5. The van der Waals surface area contributed by atoms with Gasteiger partial charge in [-0.3, -0.25) is 14.9 Å². The van der Waals surface area contributed by atoms with Crippen LogP contribution in [0.2, 0.25) is 0 Å². The summed E-state index contributed by atoms with van der Waals surface area (Å²) in [6.45, 7) is 1.93. The lowest BCUT2D eigenvalue weighted by Crippen LogP contribution is -2.20. The molecule has 0 saturated heterocycles.